The van der Waals surface area contributed by atoms with Crippen molar-refractivity contribution in [3.63, 3.8) is 0 Å². The molecule has 1 rings (SSSR count). The third-order valence-electron chi connectivity index (χ3n) is 2.01. The van der Waals surface area contributed by atoms with Crippen LogP contribution in [0, 0.1) is 11.8 Å². The van der Waals surface area contributed by atoms with Crippen molar-refractivity contribution in [2.75, 3.05) is 6.61 Å². The molecule has 0 heterocycles. The Morgan fingerprint density at radius 3 is 2.20 bits per heavy atom. The fourth-order valence-electron chi connectivity index (χ4n) is 0.988. The van der Waals surface area contributed by atoms with Crippen LogP contribution in [0.3, 0.4) is 0 Å². The molecule has 1 nitrogen and oxygen atoms in total. The van der Waals surface area contributed by atoms with Crippen LogP contribution in [-0.2, 0) is 4.74 Å². The Morgan fingerprint density at radius 2 is 1.90 bits per heavy atom. The van der Waals surface area contributed by atoms with E-state index in [1.165, 1.54) is 6.42 Å². The van der Waals surface area contributed by atoms with E-state index in [0.717, 1.165) is 18.4 Å². The minimum Gasteiger partial charge on any atom is -0.376 e. The average Bonchev–Trinajstić information content (AvgIpc) is 2.40. The molecule has 0 spiro atoms. The molecule has 60 valence electrons. The van der Waals surface area contributed by atoms with Crippen molar-refractivity contribution in [2.24, 2.45) is 11.8 Å². The van der Waals surface area contributed by atoms with Gasteiger partial charge in [-0.2, -0.15) is 0 Å². The second kappa shape index (κ2) is 2.54. The summed E-state index contributed by atoms with van der Waals surface area (Å²) in [5.41, 5.74) is 0.0578. The molecule has 0 aromatic heterocycles. The second-order valence-corrected chi connectivity index (χ2v) is 4.40. The molecule has 1 saturated carbocycles. The first kappa shape index (κ1) is 8.06. The monoisotopic (exact) mass is 142 g/mol. The van der Waals surface area contributed by atoms with Gasteiger partial charge in [0, 0.05) is 0 Å². The van der Waals surface area contributed by atoms with E-state index < -0.39 is 0 Å². The van der Waals surface area contributed by atoms with E-state index in [4.69, 9.17) is 4.74 Å². The molecule has 1 aliphatic rings. The zero-order valence-corrected chi connectivity index (χ0v) is 7.48. The Morgan fingerprint density at radius 1 is 1.40 bits per heavy atom. The van der Waals surface area contributed by atoms with E-state index in [-0.39, 0.29) is 5.60 Å². The van der Waals surface area contributed by atoms with Gasteiger partial charge in [0.25, 0.3) is 0 Å². The van der Waals surface area contributed by atoms with Gasteiger partial charge in [-0.15, -0.1) is 0 Å². The summed E-state index contributed by atoms with van der Waals surface area (Å²) in [6.07, 6.45) is 1.37. The van der Waals surface area contributed by atoms with Gasteiger partial charge >= 0.3 is 0 Å². The zero-order valence-electron chi connectivity index (χ0n) is 7.48. The molecule has 1 aliphatic carbocycles. The first-order valence-electron chi connectivity index (χ1n) is 4.13. The van der Waals surface area contributed by atoms with Crippen LogP contribution in [0.15, 0.2) is 0 Å². The summed E-state index contributed by atoms with van der Waals surface area (Å²) in [5.74, 6) is 1.78. The highest BCUT2D eigenvalue weighted by atomic mass is 16.5. The number of ether oxygens (including phenoxy) is 1. The van der Waals surface area contributed by atoms with Gasteiger partial charge in [0.1, 0.15) is 0 Å². The quantitative estimate of drug-likeness (QED) is 0.575. The van der Waals surface area contributed by atoms with Gasteiger partial charge in [0.05, 0.1) is 12.2 Å². The van der Waals surface area contributed by atoms with Gasteiger partial charge < -0.3 is 4.74 Å². The number of hydrogen-bond donors (Lipinski definition) is 0. The molecule has 1 heteroatoms. The van der Waals surface area contributed by atoms with Crippen LogP contribution in [0.4, 0.5) is 0 Å². The first-order chi connectivity index (χ1) is 4.49. The van der Waals surface area contributed by atoms with Gasteiger partial charge in [-0.1, -0.05) is 6.92 Å². The van der Waals surface area contributed by atoms with Gasteiger partial charge in [-0.25, -0.2) is 0 Å². The summed E-state index contributed by atoms with van der Waals surface area (Å²) in [7, 11) is 0. The van der Waals surface area contributed by atoms with Gasteiger partial charge in [-0.3, -0.25) is 0 Å². The summed E-state index contributed by atoms with van der Waals surface area (Å²) in [6.45, 7) is 9.58. The molecule has 0 bridgehead atoms. The Bertz CT molecular complexity index is 112. The highest BCUT2D eigenvalue weighted by molar-refractivity contribution is 4.82. The number of rotatable bonds is 2. The molecule has 1 fully saturated rings. The largest absolute Gasteiger partial charge is 0.376 e. The Labute approximate surface area is 63.8 Å². The average molecular weight is 142 g/mol. The predicted octanol–water partition coefficient (Wildman–Crippen LogP) is 2.46. The molecule has 0 amide bonds. The van der Waals surface area contributed by atoms with Crippen molar-refractivity contribution in [2.45, 2.75) is 39.7 Å². The molecule has 0 aliphatic heterocycles. The summed E-state index contributed by atoms with van der Waals surface area (Å²) < 4.78 is 5.62. The lowest BCUT2D eigenvalue weighted by atomic mass is 10.2. The lowest BCUT2D eigenvalue weighted by molar-refractivity contribution is -0.0103. The summed E-state index contributed by atoms with van der Waals surface area (Å²) in [5, 5.41) is 0. The molecule has 2 unspecified atom stereocenters. The third kappa shape index (κ3) is 2.70. The SMILES string of the molecule is CC1CC1COC(C)(C)C. The molecule has 0 radical (unpaired) electrons. The van der Waals surface area contributed by atoms with Crippen LogP contribution < -0.4 is 0 Å². The summed E-state index contributed by atoms with van der Waals surface area (Å²) in [6, 6.07) is 0. The Hall–Kier alpha value is -0.0400. The van der Waals surface area contributed by atoms with E-state index in [0.29, 0.717) is 0 Å². The molecule has 0 aromatic rings. The normalized spacial score (nSPS) is 32.4. The molecule has 0 aromatic carbocycles. The Kier molecular flexibility index (Phi) is 2.04. The van der Waals surface area contributed by atoms with E-state index in [2.05, 4.69) is 27.7 Å². The second-order valence-electron chi connectivity index (χ2n) is 4.40. The van der Waals surface area contributed by atoms with Crippen LogP contribution in [0.25, 0.3) is 0 Å². The predicted molar refractivity (Wildman–Crippen MR) is 43.0 cm³/mol. The molecular formula is C9H18O. The molecule has 2 atom stereocenters. The van der Waals surface area contributed by atoms with Gasteiger partial charge in [-0.05, 0) is 39.0 Å². The smallest absolute Gasteiger partial charge is 0.0598 e. The molecular weight excluding hydrogens is 124 g/mol. The maximum absolute atomic E-state index is 5.62. The van der Waals surface area contributed by atoms with Gasteiger partial charge in [0.2, 0.25) is 0 Å². The molecule has 0 N–H and O–H groups in total. The minimum absolute atomic E-state index is 0.0578. The highest BCUT2D eigenvalue weighted by Gasteiger charge is 2.33. The third-order valence-corrected chi connectivity index (χ3v) is 2.01. The fraction of sp³-hybridized carbons (Fsp3) is 1.00. The van der Waals surface area contributed by atoms with Crippen LogP contribution in [0.5, 0.6) is 0 Å². The highest BCUT2D eigenvalue weighted by Crippen LogP contribution is 2.38. The maximum Gasteiger partial charge on any atom is 0.0598 e. The van der Waals surface area contributed by atoms with Crippen LogP contribution in [0.1, 0.15) is 34.1 Å². The van der Waals surface area contributed by atoms with E-state index in [1.807, 2.05) is 0 Å². The van der Waals surface area contributed by atoms with Crippen LogP contribution in [-0.4, -0.2) is 12.2 Å². The minimum atomic E-state index is 0.0578. The lowest BCUT2D eigenvalue weighted by Crippen LogP contribution is -2.20. The summed E-state index contributed by atoms with van der Waals surface area (Å²) >= 11 is 0. The van der Waals surface area contributed by atoms with Gasteiger partial charge in [0.15, 0.2) is 0 Å². The Balaban J connectivity index is 2.06. The topological polar surface area (TPSA) is 9.23 Å². The van der Waals surface area contributed by atoms with Crippen molar-refractivity contribution in [1.29, 1.82) is 0 Å². The lowest BCUT2D eigenvalue weighted by Gasteiger charge is -2.19. The van der Waals surface area contributed by atoms with Crippen molar-refractivity contribution >= 4 is 0 Å². The molecule has 10 heavy (non-hydrogen) atoms. The maximum atomic E-state index is 5.62. The van der Waals surface area contributed by atoms with Crippen LogP contribution >= 0.6 is 0 Å². The standard InChI is InChI=1S/C9H18O/c1-7-5-8(7)6-10-9(2,3)4/h7-8H,5-6H2,1-4H3. The van der Waals surface area contributed by atoms with Crippen molar-refractivity contribution in [3.05, 3.63) is 0 Å². The van der Waals surface area contributed by atoms with Crippen LogP contribution in [0.2, 0.25) is 0 Å². The molecule has 0 saturated heterocycles. The zero-order chi connectivity index (χ0) is 7.78. The first-order valence-corrected chi connectivity index (χ1v) is 4.13. The van der Waals surface area contributed by atoms with E-state index in [9.17, 15) is 0 Å². The summed E-state index contributed by atoms with van der Waals surface area (Å²) in [4.78, 5) is 0. The fourth-order valence-corrected chi connectivity index (χ4v) is 0.988. The van der Waals surface area contributed by atoms with Crippen molar-refractivity contribution in [1.82, 2.24) is 0 Å². The van der Waals surface area contributed by atoms with E-state index in [1.54, 1.807) is 0 Å². The van der Waals surface area contributed by atoms with Crippen molar-refractivity contribution in [3.8, 4) is 0 Å². The number of hydrogen-bond acceptors (Lipinski definition) is 1. The van der Waals surface area contributed by atoms with Crippen molar-refractivity contribution < 1.29 is 4.74 Å². The van der Waals surface area contributed by atoms with E-state index >= 15 is 0 Å².